The molecule has 1 fully saturated rings. The Morgan fingerprint density at radius 3 is 2.46 bits per heavy atom. The highest BCUT2D eigenvalue weighted by atomic mass is 32.2. The zero-order chi connectivity index (χ0) is 10.1. The van der Waals surface area contributed by atoms with Crippen LogP contribution in [-0.4, -0.2) is 24.7 Å². The third-order valence-electron chi connectivity index (χ3n) is 3.23. The summed E-state index contributed by atoms with van der Waals surface area (Å²) in [5, 5.41) is 0. The van der Waals surface area contributed by atoms with Crippen molar-refractivity contribution in [1.29, 1.82) is 0 Å². The number of rotatable bonds is 3. The number of hydrogen-bond donors (Lipinski definition) is 1. The lowest BCUT2D eigenvalue weighted by atomic mass is 9.89. The quantitative estimate of drug-likeness (QED) is 0.740. The molecule has 0 spiro atoms. The summed E-state index contributed by atoms with van der Waals surface area (Å²) in [6.45, 7) is 3.72. The van der Waals surface area contributed by atoms with Crippen LogP contribution in [0.3, 0.4) is 0 Å². The number of thiol groups is 1. The van der Waals surface area contributed by atoms with Gasteiger partial charge in [-0.05, 0) is 44.8 Å². The van der Waals surface area contributed by atoms with Gasteiger partial charge in [-0.2, -0.15) is 12.6 Å². The van der Waals surface area contributed by atoms with Crippen molar-refractivity contribution in [2.75, 3.05) is 11.5 Å². The van der Waals surface area contributed by atoms with Crippen LogP contribution in [0.4, 0.5) is 0 Å². The summed E-state index contributed by atoms with van der Waals surface area (Å²) in [7, 11) is -2.83. The maximum atomic E-state index is 11.6. The maximum absolute atomic E-state index is 11.6. The van der Waals surface area contributed by atoms with Crippen LogP contribution < -0.4 is 0 Å². The summed E-state index contributed by atoms with van der Waals surface area (Å²) in [5.74, 6) is 1.56. The lowest BCUT2D eigenvalue weighted by Crippen LogP contribution is -2.33. The highest BCUT2D eigenvalue weighted by Crippen LogP contribution is 2.39. The SMILES string of the molecule is CC1(C)C(CCCS)CCS1(=O)=O. The summed E-state index contributed by atoms with van der Waals surface area (Å²) >= 11 is 4.14. The van der Waals surface area contributed by atoms with Crippen molar-refractivity contribution in [3.63, 3.8) is 0 Å². The molecule has 4 heteroatoms. The lowest BCUT2D eigenvalue weighted by molar-refractivity contribution is 0.392. The van der Waals surface area contributed by atoms with Crippen LogP contribution in [0.5, 0.6) is 0 Å². The highest BCUT2D eigenvalue weighted by molar-refractivity contribution is 7.93. The van der Waals surface area contributed by atoms with Gasteiger partial charge in [0.2, 0.25) is 0 Å². The molecule has 2 nitrogen and oxygen atoms in total. The summed E-state index contributed by atoms with van der Waals surface area (Å²) in [5.41, 5.74) is 0. The Morgan fingerprint density at radius 2 is 2.08 bits per heavy atom. The van der Waals surface area contributed by atoms with Crippen molar-refractivity contribution >= 4 is 22.5 Å². The van der Waals surface area contributed by atoms with Crippen molar-refractivity contribution in [2.24, 2.45) is 5.92 Å². The number of hydrogen-bond acceptors (Lipinski definition) is 3. The van der Waals surface area contributed by atoms with Crippen LogP contribution in [-0.2, 0) is 9.84 Å². The Balaban J connectivity index is 2.71. The van der Waals surface area contributed by atoms with Gasteiger partial charge in [-0.15, -0.1) is 0 Å². The van der Waals surface area contributed by atoms with Crippen molar-refractivity contribution in [3.05, 3.63) is 0 Å². The van der Waals surface area contributed by atoms with Crippen molar-refractivity contribution in [1.82, 2.24) is 0 Å². The molecule has 1 saturated heterocycles. The average Bonchev–Trinajstić information content (AvgIpc) is 2.21. The van der Waals surface area contributed by atoms with E-state index < -0.39 is 14.6 Å². The zero-order valence-electron chi connectivity index (χ0n) is 8.28. The zero-order valence-corrected chi connectivity index (χ0v) is 10.00. The van der Waals surface area contributed by atoms with Crippen molar-refractivity contribution in [2.45, 2.75) is 37.9 Å². The second-order valence-corrected chi connectivity index (χ2v) is 7.41. The van der Waals surface area contributed by atoms with Gasteiger partial charge in [-0.25, -0.2) is 8.42 Å². The fraction of sp³-hybridized carbons (Fsp3) is 1.00. The fourth-order valence-corrected chi connectivity index (χ4v) is 4.04. The van der Waals surface area contributed by atoms with Gasteiger partial charge in [0.05, 0.1) is 10.5 Å². The molecular formula is C9H18O2S2. The molecule has 78 valence electrons. The monoisotopic (exact) mass is 222 g/mol. The first-order chi connectivity index (χ1) is 5.92. The summed E-state index contributed by atoms with van der Waals surface area (Å²) in [6.07, 6.45) is 2.85. The minimum Gasteiger partial charge on any atom is -0.228 e. The van der Waals surface area contributed by atoms with Crippen molar-refractivity contribution < 1.29 is 8.42 Å². The largest absolute Gasteiger partial charge is 0.228 e. The van der Waals surface area contributed by atoms with Crippen LogP contribution in [0, 0.1) is 5.92 Å². The van der Waals surface area contributed by atoms with Gasteiger partial charge in [-0.1, -0.05) is 0 Å². The van der Waals surface area contributed by atoms with Gasteiger partial charge < -0.3 is 0 Å². The van der Waals surface area contributed by atoms with Crippen LogP contribution >= 0.6 is 12.6 Å². The first-order valence-electron chi connectivity index (χ1n) is 4.75. The predicted molar refractivity (Wildman–Crippen MR) is 59.1 cm³/mol. The molecule has 0 N–H and O–H groups in total. The van der Waals surface area contributed by atoms with E-state index in [1.165, 1.54) is 0 Å². The third kappa shape index (κ3) is 2.04. The maximum Gasteiger partial charge on any atom is 0.155 e. The van der Waals surface area contributed by atoms with E-state index in [-0.39, 0.29) is 0 Å². The molecule has 0 aromatic carbocycles. The van der Waals surface area contributed by atoms with E-state index >= 15 is 0 Å². The van der Waals surface area contributed by atoms with Gasteiger partial charge in [0.1, 0.15) is 0 Å². The molecule has 0 saturated carbocycles. The van der Waals surface area contributed by atoms with Gasteiger partial charge in [0, 0.05) is 0 Å². The van der Waals surface area contributed by atoms with Gasteiger partial charge in [0.15, 0.2) is 9.84 Å². The normalized spacial score (nSPS) is 30.5. The van der Waals surface area contributed by atoms with E-state index in [9.17, 15) is 8.42 Å². The second-order valence-electron chi connectivity index (χ2n) is 4.27. The molecule has 1 rings (SSSR count). The lowest BCUT2D eigenvalue weighted by Gasteiger charge is -2.25. The molecule has 0 aliphatic carbocycles. The Labute approximate surface area is 86.4 Å². The molecule has 0 aromatic rings. The summed E-state index contributed by atoms with van der Waals surface area (Å²) in [6, 6.07) is 0. The van der Waals surface area contributed by atoms with E-state index in [1.807, 2.05) is 13.8 Å². The van der Waals surface area contributed by atoms with Crippen LogP contribution in [0.15, 0.2) is 0 Å². The standard InChI is InChI=1S/C9H18O2S2/c1-9(2)8(4-3-6-12)5-7-13(9,10)11/h8,12H,3-7H2,1-2H3. The molecule has 0 aromatic heterocycles. The molecule has 1 heterocycles. The molecule has 1 aliphatic heterocycles. The molecule has 1 aliphatic rings. The first-order valence-corrected chi connectivity index (χ1v) is 7.03. The summed E-state index contributed by atoms with van der Waals surface area (Å²) < 4.78 is 22.8. The Morgan fingerprint density at radius 1 is 1.46 bits per heavy atom. The fourth-order valence-electron chi connectivity index (χ4n) is 1.99. The average molecular weight is 222 g/mol. The van der Waals surface area contributed by atoms with Crippen LogP contribution in [0.25, 0.3) is 0 Å². The predicted octanol–water partition coefficient (Wildman–Crippen LogP) is 1.91. The topological polar surface area (TPSA) is 34.1 Å². The van der Waals surface area contributed by atoms with Crippen LogP contribution in [0.1, 0.15) is 33.1 Å². The smallest absolute Gasteiger partial charge is 0.155 e. The molecule has 1 atom stereocenters. The molecule has 13 heavy (non-hydrogen) atoms. The Kier molecular flexibility index (Phi) is 3.33. The van der Waals surface area contributed by atoms with E-state index in [0.717, 1.165) is 25.0 Å². The van der Waals surface area contributed by atoms with Crippen molar-refractivity contribution in [3.8, 4) is 0 Å². The van der Waals surface area contributed by atoms with Gasteiger partial charge in [-0.3, -0.25) is 0 Å². The number of sulfone groups is 1. The molecule has 0 radical (unpaired) electrons. The van der Waals surface area contributed by atoms with Crippen LogP contribution in [0.2, 0.25) is 0 Å². The van der Waals surface area contributed by atoms with Gasteiger partial charge >= 0.3 is 0 Å². The molecule has 0 bridgehead atoms. The molecular weight excluding hydrogens is 204 g/mol. The minimum absolute atomic E-state index is 0.338. The van der Waals surface area contributed by atoms with E-state index in [4.69, 9.17) is 0 Å². The third-order valence-corrected chi connectivity index (χ3v) is 6.26. The molecule has 1 unspecified atom stereocenters. The van der Waals surface area contributed by atoms with E-state index in [2.05, 4.69) is 12.6 Å². The van der Waals surface area contributed by atoms with Gasteiger partial charge in [0.25, 0.3) is 0 Å². The first kappa shape index (κ1) is 11.4. The molecule has 0 amide bonds. The Bertz CT molecular complexity index is 267. The van der Waals surface area contributed by atoms with E-state index in [0.29, 0.717) is 11.7 Å². The highest BCUT2D eigenvalue weighted by Gasteiger charge is 2.46. The minimum atomic E-state index is -2.83. The Hall–Kier alpha value is 0.300. The van der Waals surface area contributed by atoms with E-state index in [1.54, 1.807) is 0 Å². The summed E-state index contributed by atoms with van der Waals surface area (Å²) in [4.78, 5) is 0. The second kappa shape index (κ2) is 3.81.